The highest BCUT2D eigenvalue weighted by Crippen LogP contribution is 2.22. The molecule has 1 aromatic carbocycles. The molecule has 2 N–H and O–H groups in total. The topological polar surface area (TPSA) is 75.4 Å². The number of hydrogen-bond acceptors (Lipinski definition) is 4. The van der Waals surface area contributed by atoms with Crippen molar-refractivity contribution in [3.8, 4) is 5.75 Å². The van der Waals surface area contributed by atoms with Gasteiger partial charge >= 0.3 is 0 Å². The Morgan fingerprint density at radius 2 is 2.31 bits per heavy atom. The number of halogens is 1. The van der Waals surface area contributed by atoms with E-state index >= 15 is 0 Å². The average molecular weight is 287 g/mol. The van der Waals surface area contributed by atoms with Gasteiger partial charge in [0.15, 0.2) is 0 Å². The smallest absolute Gasteiger partial charge is 0.270 e. The van der Waals surface area contributed by atoms with Crippen LogP contribution >= 0.6 is 15.9 Å². The number of benzene rings is 1. The van der Waals surface area contributed by atoms with Gasteiger partial charge in [0.25, 0.3) is 5.69 Å². The number of non-ortho nitro benzene ring substituents is 1. The molecular formula is C10H11BrN2O3. The first-order valence-corrected chi connectivity index (χ1v) is 5.30. The summed E-state index contributed by atoms with van der Waals surface area (Å²) in [5.74, 6) is 0.0401. The van der Waals surface area contributed by atoms with Crippen LogP contribution in [0.5, 0.6) is 5.75 Å². The molecule has 0 amide bonds. The first-order valence-electron chi connectivity index (χ1n) is 4.51. The van der Waals surface area contributed by atoms with Crippen LogP contribution in [0.1, 0.15) is 5.56 Å². The van der Waals surface area contributed by atoms with E-state index in [-0.39, 0.29) is 11.4 Å². The van der Waals surface area contributed by atoms with Crippen molar-refractivity contribution < 1.29 is 10.0 Å². The van der Waals surface area contributed by atoms with Gasteiger partial charge in [-0.1, -0.05) is 22.5 Å². The Labute approximate surface area is 101 Å². The highest BCUT2D eigenvalue weighted by Gasteiger charge is 2.09. The molecule has 0 saturated heterocycles. The van der Waals surface area contributed by atoms with E-state index in [0.717, 1.165) is 4.48 Å². The van der Waals surface area contributed by atoms with Crippen molar-refractivity contribution in [3.05, 3.63) is 44.9 Å². The van der Waals surface area contributed by atoms with Gasteiger partial charge in [0.2, 0.25) is 0 Å². The molecule has 5 nitrogen and oxygen atoms in total. The SMILES string of the molecule is C=C(Br)CNCc1cc([N+](=O)[O-])ccc1O. The summed E-state index contributed by atoms with van der Waals surface area (Å²) in [6.45, 7) is 4.51. The van der Waals surface area contributed by atoms with Crippen molar-refractivity contribution in [1.82, 2.24) is 5.32 Å². The van der Waals surface area contributed by atoms with Crippen molar-refractivity contribution in [1.29, 1.82) is 0 Å². The molecule has 0 heterocycles. The second-order valence-corrected chi connectivity index (χ2v) is 4.31. The molecule has 0 aliphatic rings. The highest BCUT2D eigenvalue weighted by molar-refractivity contribution is 9.11. The number of nitrogens with zero attached hydrogens (tertiary/aromatic N) is 1. The standard InChI is InChI=1S/C10H11BrN2O3/c1-7(11)5-12-6-8-4-9(13(15)16)2-3-10(8)14/h2-4,12,14H,1,5-6H2. The van der Waals surface area contributed by atoms with Gasteiger partial charge in [-0.2, -0.15) is 0 Å². The number of phenols is 1. The van der Waals surface area contributed by atoms with Crippen LogP contribution in [0.4, 0.5) is 5.69 Å². The fourth-order valence-electron chi connectivity index (χ4n) is 1.16. The molecule has 86 valence electrons. The lowest BCUT2D eigenvalue weighted by Gasteiger charge is -2.05. The molecule has 16 heavy (non-hydrogen) atoms. The number of hydrogen-bond donors (Lipinski definition) is 2. The molecule has 0 spiro atoms. The molecule has 0 aliphatic carbocycles. The second kappa shape index (κ2) is 5.62. The zero-order chi connectivity index (χ0) is 12.1. The fourth-order valence-corrected chi connectivity index (χ4v) is 1.36. The molecule has 0 fully saturated rings. The summed E-state index contributed by atoms with van der Waals surface area (Å²) in [4.78, 5) is 10.0. The molecule has 1 rings (SSSR count). The molecule has 6 heteroatoms. The number of nitro benzene ring substituents is 1. The Morgan fingerprint density at radius 1 is 1.62 bits per heavy atom. The maximum Gasteiger partial charge on any atom is 0.270 e. The van der Waals surface area contributed by atoms with Crippen LogP contribution in [0.25, 0.3) is 0 Å². The van der Waals surface area contributed by atoms with Crippen molar-refractivity contribution in [2.45, 2.75) is 6.54 Å². The number of rotatable bonds is 5. The first-order chi connectivity index (χ1) is 7.50. The summed E-state index contributed by atoms with van der Waals surface area (Å²) in [5, 5.41) is 23.0. The molecule has 0 aromatic heterocycles. The average Bonchev–Trinajstić information content (AvgIpc) is 2.20. The minimum atomic E-state index is -0.494. The normalized spacial score (nSPS) is 10.1. The van der Waals surface area contributed by atoms with Gasteiger partial charge in [-0.3, -0.25) is 10.1 Å². The van der Waals surface area contributed by atoms with Crippen LogP contribution in [-0.2, 0) is 6.54 Å². The van der Waals surface area contributed by atoms with Crippen LogP contribution < -0.4 is 5.32 Å². The zero-order valence-corrected chi connectivity index (χ0v) is 10.0. The third-order valence-corrected chi connectivity index (χ3v) is 2.19. The third kappa shape index (κ3) is 3.63. The minimum absolute atomic E-state index is 0.0349. The fraction of sp³-hybridized carbons (Fsp3) is 0.200. The van der Waals surface area contributed by atoms with Gasteiger partial charge in [-0.15, -0.1) is 0 Å². The van der Waals surface area contributed by atoms with E-state index in [1.807, 2.05) is 0 Å². The predicted molar refractivity (Wildman–Crippen MR) is 64.5 cm³/mol. The van der Waals surface area contributed by atoms with Crippen LogP contribution in [0.15, 0.2) is 29.3 Å². The largest absolute Gasteiger partial charge is 0.508 e. The lowest BCUT2D eigenvalue weighted by molar-refractivity contribution is -0.384. The van der Waals surface area contributed by atoms with E-state index in [4.69, 9.17) is 0 Å². The number of nitrogens with one attached hydrogen (secondary N) is 1. The summed E-state index contributed by atoms with van der Waals surface area (Å²) >= 11 is 3.18. The van der Waals surface area contributed by atoms with Crippen LogP contribution in [-0.4, -0.2) is 16.6 Å². The second-order valence-electron chi connectivity index (χ2n) is 3.19. The lowest BCUT2D eigenvalue weighted by Crippen LogP contribution is -2.14. The Balaban J connectivity index is 2.74. The third-order valence-electron chi connectivity index (χ3n) is 1.91. The molecular weight excluding hydrogens is 276 g/mol. The Bertz CT molecular complexity index is 421. The molecule has 0 aliphatic heterocycles. The van der Waals surface area contributed by atoms with Gasteiger partial charge in [0.1, 0.15) is 5.75 Å². The van der Waals surface area contributed by atoms with Crippen molar-refractivity contribution in [2.75, 3.05) is 6.54 Å². The Morgan fingerprint density at radius 3 is 2.88 bits per heavy atom. The first kappa shape index (κ1) is 12.7. The van der Waals surface area contributed by atoms with Gasteiger partial charge in [-0.25, -0.2) is 0 Å². The van der Waals surface area contributed by atoms with Crippen LogP contribution in [0.2, 0.25) is 0 Å². The Hall–Kier alpha value is -1.40. The summed E-state index contributed by atoms with van der Waals surface area (Å²) in [6, 6.07) is 3.93. The monoisotopic (exact) mass is 286 g/mol. The van der Waals surface area contributed by atoms with E-state index in [1.54, 1.807) is 0 Å². The lowest BCUT2D eigenvalue weighted by atomic mass is 10.2. The van der Waals surface area contributed by atoms with E-state index in [0.29, 0.717) is 18.7 Å². The van der Waals surface area contributed by atoms with Gasteiger partial charge in [-0.05, 0) is 6.07 Å². The van der Waals surface area contributed by atoms with Crippen molar-refractivity contribution >= 4 is 21.6 Å². The van der Waals surface area contributed by atoms with Crippen LogP contribution in [0.3, 0.4) is 0 Å². The van der Waals surface area contributed by atoms with E-state index in [2.05, 4.69) is 27.8 Å². The predicted octanol–water partition coefficient (Wildman–Crippen LogP) is 2.30. The molecule has 0 radical (unpaired) electrons. The Kier molecular flexibility index (Phi) is 4.45. The summed E-state index contributed by atoms with van der Waals surface area (Å²) in [5.41, 5.74) is 0.454. The van der Waals surface area contributed by atoms with Crippen molar-refractivity contribution in [2.24, 2.45) is 0 Å². The zero-order valence-electron chi connectivity index (χ0n) is 8.44. The summed E-state index contributed by atoms with van der Waals surface area (Å²) < 4.78 is 0.775. The molecule has 1 aromatic rings. The minimum Gasteiger partial charge on any atom is -0.508 e. The summed E-state index contributed by atoms with van der Waals surface area (Å²) in [7, 11) is 0. The number of phenolic OH excluding ortho intramolecular Hbond substituents is 1. The molecule has 0 saturated carbocycles. The van der Waals surface area contributed by atoms with E-state index in [1.165, 1.54) is 18.2 Å². The number of aromatic hydroxyl groups is 1. The van der Waals surface area contributed by atoms with Gasteiger partial charge in [0.05, 0.1) is 4.92 Å². The quantitative estimate of drug-likeness (QED) is 0.643. The van der Waals surface area contributed by atoms with Gasteiger partial charge < -0.3 is 10.4 Å². The molecule has 0 atom stereocenters. The maximum absolute atomic E-state index is 10.5. The summed E-state index contributed by atoms with van der Waals surface area (Å²) in [6.07, 6.45) is 0. The highest BCUT2D eigenvalue weighted by atomic mass is 79.9. The maximum atomic E-state index is 10.5. The van der Waals surface area contributed by atoms with E-state index in [9.17, 15) is 15.2 Å². The number of nitro groups is 1. The van der Waals surface area contributed by atoms with Gasteiger partial charge in [0, 0.05) is 35.3 Å². The van der Waals surface area contributed by atoms with Crippen molar-refractivity contribution in [3.63, 3.8) is 0 Å². The molecule has 0 unspecified atom stereocenters. The molecule has 0 bridgehead atoms. The van der Waals surface area contributed by atoms with E-state index < -0.39 is 4.92 Å². The van der Waals surface area contributed by atoms with Crippen LogP contribution in [0, 0.1) is 10.1 Å².